The molecule has 0 bridgehead atoms. The minimum Gasteiger partial charge on any atom is -0.478 e. The lowest BCUT2D eigenvalue weighted by Gasteiger charge is -2.28. The van der Waals surface area contributed by atoms with Gasteiger partial charge in [-0.1, -0.05) is 41.4 Å². The van der Waals surface area contributed by atoms with Crippen LogP contribution >= 0.6 is 11.6 Å². The third kappa shape index (κ3) is 3.35. The van der Waals surface area contributed by atoms with Crippen LogP contribution in [0.5, 0.6) is 5.75 Å². The number of fused-ring (bicyclic) bond motifs is 1. The molecule has 1 aliphatic rings. The molecule has 1 heterocycles. The molecule has 0 spiro atoms. The molecular formula is C18H12ClF3O3. The maximum absolute atomic E-state index is 13.3. The van der Waals surface area contributed by atoms with E-state index in [1.165, 1.54) is 12.1 Å². The van der Waals surface area contributed by atoms with Crippen molar-refractivity contribution in [2.75, 3.05) is 0 Å². The number of carbonyl (C=O) groups is 1. The van der Waals surface area contributed by atoms with Gasteiger partial charge in [-0.2, -0.15) is 13.2 Å². The Labute approximate surface area is 146 Å². The fraction of sp³-hybridized carbons (Fsp3) is 0.167. The Kier molecular flexibility index (Phi) is 4.24. The summed E-state index contributed by atoms with van der Waals surface area (Å²) >= 11 is 6.06. The SMILES string of the molecule is Cc1ccc(-c2cc(Cl)cc3c2O[C@@H](C(F)(F)F)C(C(=O)O)=C3)cc1. The fourth-order valence-electron chi connectivity index (χ4n) is 2.64. The fourth-order valence-corrected chi connectivity index (χ4v) is 2.87. The minimum absolute atomic E-state index is 0.0411. The zero-order valence-corrected chi connectivity index (χ0v) is 13.7. The molecule has 0 aliphatic carbocycles. The molecule has 0 unspecified atom stereocenters. The molecule has 130 valence electrons. The van der Waals surface area contributed by atoms with Gasteiger partial charge in [-0.05, 0) is 30.7 Å². The van der Waals surface area contributed by atoms with Crippen LogP contribution < -0.4 is 4.74 Å². The highest BCUT2D eigenvalue weighted by atomic mass is 35.5. The second kappa shape index (κ2) is 6.11. The lowest BCUT2D eigenvalue weighted by atomic mass is 9.95. The van der Waals surface area contributed by atoms with Crippen molar-refractivity contribution in [3.8, 4) is 16.9 Å². The smallest absolute Gasteiger partial charge is 0.430 e. The number of aryl methyl sites for hydroxylation is 1. The predicted octanol–water partition coefficient (Wildman–Crippen LogP) is 5.11. The Morgan fingerprint density at radius 1 is 1.20 bits per heavy atom. The van der Waals surface area contributed by atoms with Crippen LogP contribution in [0.2, 0.25) is 5.02 Å². The molecule has 2 aromatic carbocycles. The van der Waals surface area contributed by atoms with Crippen LogP contribution in [0.1, 0.15) is 11.1 Å². The average molecular weight is 369 g/mol. The monoisotopic (exact) mass is 368 g/mol. The third-order valence-corrected chi connectivity index (χ3v) is 4.04. The molecule has 3 rings (SSSR count). The summed E-state index contributed by atoms with van der Waals surface area (Å²) in [6.07, 6.45) is -6.43. The molecule has 25 heavy (non-hydrogen) atoms. The number of alkyl halides is 3. The first kappa shape index (κ1) is 17.4. The minimum atomic E-state index is -4.86. The second-order valence-electron chi connectivity index (χ2n) is 5.68. The maximum atomic E-state index is 13.3. The zero-order chi connectivity index (χ0) is 18.4. The van der Waals surface area contributed by atoms with Gasteiger partial charge in [0.05, 0.1) is 5.57 Å². The molecule has 0 radical (unpaired) electrons. The van der Waals surface area contributed by atoms with Gasteiger partial charge in [0.2, 0.25) is 6.10 Å². The summed E-state index contributed by atoms with van der Waals surface area (Å²) in [7, 11) is 0. The summed E-state index contributed by atoms with van der Waals surface area (Å²) in [5, 5.41) is 9.37. The molecule has 3 nitrogen and oxygen atoms in total. The number of hydrogen-bond acceptors (Lipinski definition) is 2. The summed E-state index contributed by atoms with van der Waals surface area (Å²) < 4.78 is 44.9. The van der Waals surface area contributed by atoms with Crippen molar-refractivity contribution in [1.29, 1.82) is 0 Å². The Balaban J connectivity index is 2.22. The van der Waals surface area contributed by atoms with Crippen molar-refractivity contribution in [2.45, 2.75) is 19.2 Å². The molecule has 2 aromatic rings. The van der Waals surface area contributed by atoms with Crippen molar-refractivity contribution in [2.24, 2.45) is 0 Å². The highest BCUT2D eigenvalue weighted by Gasteiger charge is 2.48. The van der Waals surface area contributed by atoms with Gasteiger partial charge >= 0.3 is 12.1 Å². The van der Waals surface area contributed by atoms with E-state index in [2.05, 4.69) is 0 Å². The Morgan fingerprint density at radius 3 is 2.40 bits per heavy atom. The predicted molar refractivity (Wildman–Crippen MR) is 87.7 cm³/mol. The number of rotatable bonds is 2. The van der Waals surface area contributed by atoms with E-state index in [-0.39, 0.29) is 16.3 Å². The van der Waals surface area contributed by atoms with Crippen molar-refractivity contribution in [1.82, 2.24) is 0 Å². The highest BCUT2D eigenvalue weighted by Crippen LogP contribution is 2.44. The molecule has 0 amide bonds. The number of hydrogen-bond donors (Lipinski definition) is 1. The molecule has 1 atom stereocenters. The van der Waals surface area contributed by atoms with Gasteiger partial charge in [-0.25, -0.2) is 4.79 Å². The zero-order valence-electron chi connectivity index (χ0n) is 12.9. The lowest BCUT2D eigenvalue weighted by Crippen LogP contribution is -2.40. The van der Waals surface area contributed by atoms with Gasteiger partial charge in [0.25, 0.3) is 0 Å². The van der Waals surface area contributed by atoms with Crippen LogP contribution in [0.15, 0.2) is 42.0 Å². The summed E-state index contributed by atoms with van der Waals surface area (Å²) in [5.41, 5.74) is 1.30. The van der Waals surface area contributed by atoms with Crippen molar-refractivity contribution in [3.05, 3.63) is 58.1 Å². The Morgan fingerprint density at radius 2 is 1.84 bits per heavy atom. The first-order valence-corrected chi connectivity index (χ1v) is 7.63. The summed E-state index contributed by atoms with van der Waals surface area (Å²) in [5.74, 6) is -1.73. The normalized spacial score (nSPS) is 16.7. The number of halogens is 4. The Hall–Kier alpha value is -2.47. The number of aliphatic carboxylic acids is 1. The topological polar surface area (TPSA) is 46.5 Å². The van der Waals surface area contributed by atoms with Crippen molar-refractivity contribution in [3.63, 3.8) is 0 Å². The summed E-state index contributed by atoms with van der Waals surface area (Å²) in [6.45, 7) is 1.88. The summed E-state index contributed by atoms with van der Waals surface area (Å²) in [6, 6.07) is 9.98. The van der Waals surface area contributed by atoms with E-state index >= 15 is 0 Å². The molecule has 1 aliphatic heterocycles. The number of benzene rings is 2. The molecular weight excluding hydrogens is 357 g/mol. The second-order valence-corrected chi connectivity index (χ2v) is 6.12. The van der Waals surface area contributed by atoms with Crippen LogP contribution in [-0.2, 0) is 4.79 Å². The van der Waals surface area contributed by atoms with Crippen LogP contribution in [0.25, 0.3) is 17.2 Å². The number of ether oxygens (including phenoxy) is 1. The van der Waals surface area contributed by atoms with Crippen LogP contribution in [-0.4, -0.2) is 23.4 Å². The lowest BCUT2D eigenvalue weighted by molar-refractivity contribution is -0.187. The van der Waals surface area contributed by atoms with Crippen molar-refractivity contribution >= 4 is 23.6 Å². The van der Waals surface area contributed by atoms with Gasteiger partial charge in [0.15, 0.2) is 0 Å². The van der Waals surface area contributed by atoms with Gasteiger partial charge in [-0.3, -0.25) is 0 Å². The first-order valence-electron chi connectivity index (χ1n) is 7.25. The van der Waals surface area contributed by atoms with Gasteiger partial charge < -0.3 is 9.84 Å². The number of carboxylic acid groups (broad SMARTS) is 1. The van der Waals surface area contributed by atoms with Gasteiger partial charge in [-0.15, -0.1) is 0 Å². The molecule has 0 fully saturated rings. The van der Waals surface area contributed by atoms with E-state index in [0.29, 0.717) is 11.1 Å². The molecule has 0 saturated carbocycles. The van der Waals surface area contributed by atoms with Crippen LogP contribution in [0.3, 0.4) is 0 Å². The van der Waals surface area contributed by atoms with E-state index in [9.17, 15) is 18.0 Å². The van der Waals surface area contributed by atoms with Crippen molar-refractivity contribution < 1.29 is 27.8 Å². The maximum Gasteiger partial charge on any atom is 0.430 e. The van der Waals surface area contributed by atoms with Crippen LogP contribution in [0.4, 0.5) is 13.2 Å². The Bertz CT molecular complexity index is 870. The van der Waals surface area contributed by atoms with Crippen LogP contribution in [0, 0.1) is 6.92 Å². The van der Waals surface area contributed by atoms with Gasteiger partial charge in [0.1, 0.15) is 5.75 Å². The molecule has 1 N–H and O–H groups in total. The molecule has 7 heteroatoms. The van der Waals surface area contributed by atoms with Gasteiger partial charge in [0, 0.05) is 16.1 Å². The van der Waals surface area contributed by atoms with E-state index < -0.39 is 23.8 Å². The van der Waals surface area contributed by atoms with E-state index in [1.54, 1.807) is 12.1 Å². The molecule has 0 saturated heterocycles. The summed E-state index contributed by atoms with van der Waals surface area (Å²) in [4.78, 5) is 11.2. The largest absolute Gasteiger partial charge is 0.478 e. The standard InChI is InChI=1S/C18H12ClF3O3/c1-9-2-4-10(5-3-9)13-8-12(19)6-11-7-14(17(23)24)16(18(20,21)22)25-15(11)13/h2-8,16H,1H3,(H,23,24)/t16-/m1/s1. The number of carboxylic acids is 1. The average Bonchev–Trinajstić information content (AvgIpc) is 2.52. The molecule has 0 aromatic heterocycles. The third-order valence-electron chi connectivity index (χ3n) is 3.82. The highest BCUT2D eigenvalue weighted by molar-refractivity contribution is 6.31. The van der Waals surface area contributed by atoms with E-state index in [1.807, 2.05) is 19.1 Å². The first-order chi connectivity index (χ1) is 11.7. The van der Waals surface area contributed by atoms with E-state index in [0.717, 1.165) is 11.6 Å². The van der Waals surface area contributed by atoms with E-state index in [4.69, 9.17) is 21.4 Å². The quantitative estimate of drug-likeness (QED) is 0.801.